The molecule has 0 atom stereocenters. The molecule has 4 nitrogen and oxygen atoms in total. The standard InChI is InChI=1S/C8H10Cl2N2O2S/c9-6-1-2-7(10)8(5-6)12-3-4-15(11,13)14/h1-2,5,12H,3-4H2,(H2,11,13,14). The van der Waals surface area contributed by atoms with Crippen LogP contribution in [0.25, 0.3) is 0 Å². The smallest absolute Gasteiger partial charge is 0.210 e. The molecule has 0 aromatic heterocycles. The first-order chi connectivity index (χ1) is 6.88. The number of nitrogens with one attached hydrogen (secondary N) is 1. The second kappa shape index (κ2) is 5.03. The molecule has 0 aliphatic rings. The lowest BCUT2D eigenvalue weighted by Gasteiger charge is -2.07. The molecule has 0 unspecified atom stereocenters. The molecular formula is C8H10Cl2N2O2S. The molecule has 1 rings (SSSR count). The van der Waals surface area contributed by atoms with Crippen molar-refractivity contribution in [1.29, 1.82) is 0 Å². The number of hydrogen-bond donors (Lipinski definition) is 2. The summed E-state index contributed by atoms with van der Waals surface area (Å²) in [6, 6.07) is 4.89. The van der Waals surface area contributed by atoms with Crippen LogP contribution >= 0.6 is 23.2 Å². The Morgan fingerprint density at radius 3 is 2.60 bits per heavy atom. The SMILES string of the molecule is NS(=O)(=O)CCNc1cc(Cl)ccc1Cl. The number of primary sulfonamides is 1. The van der Waals surface area contributed by atoms with Gasteiger partial charge in [0.15, 0.2) is 0 Å². The van der Waals surface area contributed by atoms with Crippen LogP contribution in [-0.2, 0) is 10.0 Å². The number of sulfonamides is 1. The van der Waals surface area contributed by atoms with E-state index >= 15 is 0 Å². The number of benzene rings is 1. The minimum atomic E-state index is -3.46. The fourth-order valence-electron chi connectivity index (χ4n) is 0.961. The first-order valence-corrected chi connectivity index (χ1v) is 6.55. The normalized spacial score (nSPS) is 11.4. The molecule has 0 fully saturated rings. The van der Waals surface area contributed by atoms with Crippen LogP contribution in [0, 0.1) is 0 Å². The van der Waals surface area contributed by atoms with Gasteiger partial charge in [-0.3, -0.25) is 0 Å². The zero-order valence-electron chi connectivity index (χ0n) is 7.70. The van der Waals surface area contributed by atoms with Crippen LogP contribution in [0.5, 0.6) is 0 Å². The molecule has 0 bridgehead atoms. The first kappa shape index (κ1) is 12.6. The molecule has 1 aromatic carbocycles. The highest BCUT2D eigenvalue weighted by Crippen LogP contribution is 2.24. The van der Waals surface area contributed by atoms with Gasteiger partial charge in [0.05, 0.1) is 16.5 Å². The number of hydrogen-bond acceptors (Lipinski definition) is 3. The zero-order valence-corrected chi connectivity index (χ0v) is 10.0. The third-order valence-corrected chi connectivity index (χ3v) is 2.97. The molecule has 0 aliphatic heterocycles. The van der Waals surface area contributed by atoms with E-state index in [-0.39, 0.29) is 12.3 Å². The summed E-state index contributed by atoms with van der Waals surface area (Å²) >= 11 is 11.6. The van der Waals surface area contributed by atoms with E-state index in [0.29, 0.717) is 15.7 Å². The fraction of sp³-hybridized carbons (Fsp3) is 0.250. The van der Waals surface area contributed by atoms with Crippen molar-refractivity contribution in [3.8, 4) is 0 Å². The molecule has 0 radical (unpaired) electrons. The minimum Gasteiger partial charge on any atom is -0.383 e. The highest BCUT2D eigenvalue weighted by molar-refractivity contribution is 7.89. The van der Waals surface area contributed by atoms with Gasteiger partial charge in [-0.05, 0) is 18.2 Å². The summed E-state index contributed by atoms with van der Waals surface area (Å²) in [5, 5.41) is 8.68. The Morgan fingerprint density at radius 1 is 1.33 bits per heavy atom. The molecule has 15 heavy (non-hydrogen) atoms. The van der Waals surface area contributed by atoms with Crippen molar-refractivity contribution in [1.82, 2.24) is 0 Å². The maximum Gasteiger partial charge on any atom is 0.210 e. The summed E-state index contributed by atoms with van der Waals surface area (Å²) in [6.45, 7) is 0.193. The lowest BCUT2D eigenvalue weighted by atomic mass is 10.3. The number of nitrogens with two attached hydrogens (primary N) is 1. The van der Waals surface area contributed by atoms with E-state index in [9.17, 15) is 8.42 Å². The third kappa shape index (κ3) is 4.70. The predicted molar refractivity (Wildman–Crippen MR) is 62.9 cm³/mol. The van der Waals surface area contributed by atoms with Gasteiger partial charge in [0.1, 0.15) is 0 Å². The van der Waals surface area contributed by atoms with Crippen molar-refractivity contribution in [2.45, 2.75) is 0 Å². The van der Waals surface area contributed by atoms with Crippen molar-refractivity contribution < 1.29 is 8.42 Å². The van der Waals surface area contributed by atoms with E-state index < -0.39 is 10.0 Å². The first-order valence-electron chi connectivity index (χ1n) is 4.08. The average Bonchev–Trinajstić information content (AvgIpc) is 2.09. The Hall–Kier alpha value is -0.490. The molecule has 0 heterocycles. The van der Waals surface area contributed by atoms with E-state index in [4.69, 9.17) is 28.3 Å². The van der Waals surface area contributed by atoms with Crippen molar-refractivity contribution >= 4 is 38.9 Å². The monoisotopic (exact) mass is 268 g/mol. The summed E-state index contributed by atoms with van der Waals surface area (Å²) in [6.07, 6.45) is 0. The second-order valence-electron chi connectivity index (χ2n) is 2.92. The Labute approximate surface area is 98.4 Å². The van der Waals surface area contributed by atoms with Gasteiger partial charge in [-0.2, -0.15) is 0 Å². The Balaban J connectivity index is 2.61. The molecule has 84 valence electrons. The van der Waals surface area contributed by atoms with Crippen molar-refractivity contribution in [3.05, 3.63) is 28.2 Å². The van der Waals surface area contributed by atoms with Gasteiger partial charge >= 0.3 is 0 Å². The van der Waals surface area contributed by atoms with Crippen molar-refractivity contribution in [2.75, 3.05) is 17.6 Å². The van der Waals surface area contributed by atoms with Gasteiger partial charge in [-0.15, -0.1) is 0 Å². The van der Waals surface area contributed by atoms with Gasteiger partial charge in [-0.1, -0.05) is 23.2 Å². The maximum absolute atomic E-state index is 10.7. The lowest BCUT2D eigenvalue weighted by molar-refractivity contribution is 0.598. The van der Waals surface area contributed by atoms with Gasteiger partial charge in [-0.25, -0.2) is 13.6 Å². The Bertz CT molecular complexity index is 448. The summed E-state index contributed by atoms with van der Waals surface area (Å²) < 4.78 is 21.3. The van der Waals surface area contributed by atoms with E-state index in [1.54, 1.807) is 18.2 Å². The van der Waals surface area contributed by atoms with Crippen LogP contribution in [0.2, 0.25) is 10.0 Å². The molecule has 7 heteroatoms. The summed E-state index contributed by atoms with van der Waals surface area (Å²) in [5.74, 6) is -0.157. The number of rotatable bonds is 4. The molecule has 0 saturated heterocycles. The van der Waals surface area contributed by atoms with Crippen molar-refractivity contribution in [3.63, 3.8) is 0 Å². The van der Waals surface area contributed by atoms with Crippen LogP contribution < -0.4 is 10.5 Å². The molecule has 0 saturated carbocycles. The highest BCUT2D eigenvalue weighted by atomic mass is 35.5. The van der Waals surface area contributed by atoms with Gasteiger partial charge in [0, 0.05) is 11.6 Å². The van der Waals surface area contributed by atoms with E-state index in [0.717, 1.165) is 0 Å². The molecule has 0 spiro atoms. The average molecular weight is 269 g/mol. The Kier molecular flexibility index (Phi) is 4.21. The van der Waals surface area contributed by atoms with Gasteiger partial charge < -0.3 is 5.32 Å². The van der Waals surface area contributed by atoms with Crippen LogP contribution in [0.3, 0.4) is 0 Å². The number of halogens is 2. The second-order valence-corrected chi connectivity index (χ2v) is 5.50. The van der Waals surface area contributed by atoms with Crippen LogP contribution in [0.1, 0.15) is 0 Å². The maximum atomic E-state index is 10.7. The van der Waals surface area contributed by atoms with Crippen LogP contribution in [-0.4, -0.2) is 20.7 Å². The minimum absolute atomic E-state index is 0.157. The quantitative estimate of drug-likeness (QED) is 0.873. The summed E-state index contributed by atoms with van der Waals surface area (Å²) in [7, 11) is -3.46. The molecule has 3 N–H and O–H groups in total. The predicted octanol–water partition coefficient (Wildman–Crippen LogP) is 1.69. The molecule has 0 amide bonds. The van der Waals surface area contributed by atoms with E-state index in [1.807, 2.05) is 0 Å². The third-order valence-electron chi connectivity index (χ3n) is 1.63. The lowest BCUT2D eigenvalue weighted by Crippen LogP contribution is -2.22. The summed E-state index contributed by atoms with van der Waals surface area (Å²) in [4.78, 5) is 0. The fourth-order valence-corrected chi connectivity index (χ4v) is 1.70. The zero-order chi connectivity index (χ0) is 11.5. The van der Waals surface area contributed by atoms with Gasteiger partial charge in [0.2, 0.25) is 10.0 Å². The topological polar surface area (TPSA) is 72.2 Å². The largest absolute Gasteiger partial charge is 0.383 e. The summed E-state index contributed by atoms with van der Waals surface area (Å²) in [5.41, 5.74) is 0.591. The van der Waals surface area contributed by atoms with E-state index in [1.165, 1.54) is 0 Å². The molecule has 1 aromatic rings. The Morgan fingerprint density at radius 2 is 2.00 bits per heavy atom. The van der Waals surface area contributed by atoms with Crippen LogP contribution in [0.15, 0.2) is 18.2 Å². The number of anilines is 1. The van der Waals surface area contributed by atoms with Crippen LogP contribution in [0.4, 0.5) is 5.69 Å². The van der Waals surface area contributed by atoms with Gasteiger partial charge in [0.25, 0.3) is 0 Å². The highest BCUT2D eigenvalue weighted by Gasteiger charge is 2.04. The van der Waals surface area contributed by atoms with Crippen molar-refractivity contribution in [2.24, 2.45) is 5.14 Å². The van der Waals surface area contributed by atoms with E-state index in [2.05, 4.69) is 5.32 Å². The molecular weight excluding hydrogens is 259 g/mol. The molecule has 0 aliphatic carbocycles.